The molecule has 1 N–H and O–H groups in total. The van der Waals surface area contributed by atoms with Gasteiger partial charge in [-0.05, 0) is 90.8 Å². The van der Waals surface area contributed by atoms with Crippen LogP contribution in [0.1, 0.15) is 79.3 Å². The molecular formula is C38H41F5N2O3. The first-order chi connectivity index (χ1) is 22.7. The summed E-state index contributed by atoms with van der Waals surface area (Å²) >= 11 is 0. The summed E-state index contributed by atoms with van der Waals surface area (Å²) in [5, 5.41) is 11.5. The highest BCUT2D eigenvalue weighted by Crippen LogP contribution is 2.70. The lowest BCUT2D eigenvalue weighted by atomic mass is 9.50. The third-order valence-electron chi connectivity index (χ3n) is 12.2. The third kappa shape index (κ3) is 5.25. The van der Waals surface area contributed by atoms with Crippen molar-refractivity contribution in [3.05, 3.63) is 94.1 Å². The first-order valence-electron chi connectivity index (χ1n) is 17.0. The van der Waals surface area contributed by atoms with Crippen LogP contribution in [0.4, 0.5) is 22.0 Å². The molecule has 7 rings (SSSR count). The number of halogens is 5. The predicted octanol–water partition coefficient (Wildman–Crippen LogP) is 7.47. The Morgan fingerprint density at radius 2 is 1.60 bits per heavy atom. The Hall–Kier alpha value is -3.37. The van der Waals surface area contributed by atoms with Gasteiger partial charge in [-0.2, -0.15) is 22.0 Å². The number of benzene rings is 2. The zero-order valence-electron chi connectivity index (χ0n) is 27.0. The van der Waals surface area contributed by atoms with Gasteiger partial charge >= 0.3 is 12.1 Å². The van der Waals surface area contributed by atoms with Crippen molar-refractivity contribution in [1.29, 1.82) is 0 Å². The molecule has 0 bridgehead atoms. The number of carbonyl (C=O) groups excluding carboxylic acids is 2. The molecule has 1 saturated heterocycles. The van der Waals surface area contributed by atoms with Gasteiger partial charge in [0.15, 0.2) is 5.78 Å². The van der Waals surface area contributed by atoms with Gasteiger partial charge in [-0.25, -0.2) is 0 Å². The lowest BCUT2D eigenvalue weighted by Crippen LogP contribution is -2.65. The number of piperazine rings is 1. The van der Waals surface area contributed by atoms with E-state index in [-0.39, 0.29) is 30.4 Å². The maximum absolute atomic E-state index is 15.3. The number of nitrogens with zero attached hydrogens (tertiary/aromatic N) is 2. The molecule has 4 aliphatic carbocycles. The van der Waals surface area contributed by atoms with Crippen molar-refractivity contribution in [2.45, 2.75) is 82.0 Å². The Kier molecular flexibility index (Phi) is 8.22. The Labute approximate surface area is 277 Å². The molecule has 2 aromatic carbocycles. The van der Waals surface area contributed by atoms with Crippen molar-refractivity contribution in [2.75, 3.05) is 26.2 Å². The molecule has 0 radical (unpaired) electrons. The van der Waals surface area contributed by atoms with Crippen LogP contribution in [-0.2, 0) is 11.3 Å². The molecule has 2 saturated carbocycles. The number of carbonyl (C=O) groups is 2. The molecule has 5 aliphatic rings. The molecule has 0 aromatic heterocycles. The highest BCUT2D eigenvalue weighted by atomic mass is 19.4. The van der Waals surface area contributed by atoms with E-state index in [0.29, 0.717) is 64.0 Å². The van der Waals surface area contributed by atoms with E-state index in [1.165, 1.54) is 6.92 Å². The first-order valence-corrected chi connectivity index (χ1v) is 17.0. The van der Waals surface area contributed by atoms with Crippen LogP contribution < -0.4 is 0 Å². The Morgan fingerprint density at radius 1 is 0.917 bits per heavy atom. The lowest BCUT2D eigenvalue weighted by Gasteiger charge is -2.56. The van der Waals surface area contributed by atoms with Crippen LogP contribution >= 0.6 is 0 Å². The molecule has 256 valence electrons. The summed E-state index contributed by atoms with van der Waals surface area (Å²) in [5.74, 6) is -6.42. The fraction of sp³-hybridized carbons (Fsp3) is 0.526. The van der Waals surface area contributed by atoms with Crippen molar-refractivity contribution in [2.24, 2.45) is 17.3 Å². The van der Waals surface area contributed by atoms with Gasteiger partial charge in [-0.15, -0.1) is 0 Å². The maximum atomic E-state index is 15.3. The van der Waals surface area contributed by atoms with Gasteiger partial charge in [0, 0.05) is 56.0 Å². The van der Waals surface area contributed by atoms with Crippen LogP contribution in [0, 0.1) is 17.3 Å². The monoisotopic (exact) mass is 668 g/mol. The summed E-state index contributed by atoms with van der Waals surface area (Å²) < 4.78 is 72.1. The van der Waals surface area contributed by atoms with Crippen molar-refractivity contribution in [3.63, 3.8) is 0 Å². The topological polar surface area (TPSA) is 60.9 Å². The lowest BCUT2D eigenvalue weighted by molar-refractivity contribution is -0.362. The second-order valence-corrected chi connectivity index (χ2v) is 14.6. The Bertz CT molecular complexity index is 1640. The summed E-state index contributed by atoms with van der Waals surface area (Å²) in [6, 6.07) is 17.1. The van der Waals surface area contributed by atoms with Crippen LogP contribution in [0.25, 0.3) is 0 Å². The molecule has 3 fully saturated rings. The fourth-order valence-corrected chi connectivity index (χ4v) is 9.70. The van der Waals surface area contributed by atoms with Crippen molar-refractivity contribution in [1.82, 2.24) is 9.80 Å². The van der Waals surface area contributed by atoms with E-state index >= 15 is 8.78 Å². The van der Waals surface area contributed by atoms with Gasteiger partial charge in [0.1, 0.15) is 5.60 Å². The molecule has 1 aliphatic heterocycles. The number of hydrogen-bond donors (Lipinski definition) is 1. The highest BCUT2D eigenvalue weighted by molar-refractivity contribution is 5.94. The Morgan fingerprint density at radius 3 is 2.27 bits per heavy atom. The third-order valence-corrected chi connectivity index (χ3v) is 12.2. The standard InChI is InChI=1S/C38H41F5N2O3/c1-35-22-31(25-9-7-24(8-10-25)23-44-17-19-45(20-18-44)34(47)26-5-3-2-4-6-26)33-29-14-12-28(46)21-27(29)11-13-30(33)32(35)15-16-36(35,48)37(39,40)38(41,42)43/h2-10,21,30-32,48H,11-20,22-23H2,1H3/t30-,31+,32-,35-,36-/m0/s1. The normalized spacial score (nSPS) is 31.2. The van der Waals surface area contributed by atoms with Crippen LogP contribution in [0.5, 0.6) is 0 Å². The van der Waals surface area contributed by atoms with Gasteiger partial charge in [-0.1, -0.05) is 55.0 Å². The summed E-state index contributed by atoms with van der Waals surface area (Å²) in [5.41, 5.74) is 0.711. The van der Waals surface area contributed by atoms with Gasteiger partial charge in [0.2, 0.25) is 0 Å². The summed E-state index contributed by atoms with van der Waals surface area (Å²) in [6.45, 7) is 4.73. The summed E-state index contributed by atoms with van der Waals surface area (Å²) in [7, 11) is 0. The van der Waals surface area contributed by atoms with Crippen molar-refractivity contribution < 1.29 is 36.6 Å². The molecule has 0 unspecified atom stereocenters. The number of alkyl halides is 5. The molecule has 5 nitrogen and oxygen atoms in total. The van der Waals surface area contributed by atoms with E-state index in [9.17, 15) is 27.9 Å². The maximum Gasteiger partial charge on any atom is 0.456 e. The number of fused-ring (bicyclic) bond motifs is 4. The molecule has 1 amide bonds. The zero-order valence-corrected chi connectivity index (χ0v) is 27.0. The van der Waals surface area contributed by atoms with Gasteiger partial charge in [0.25, 0.3) is 5.91 Å². The van der Waals surface area contributed by atoms with E-state index in [4.69, 9.17) is 0 Å². The minimum absolute atomic E-state index is 0.0156. The van der Waals surface area contributed by atoms with Gasteiger partial charge in [0.05, 0.1) is 0 Å². The minimum atomic E-state index is -5.87. The molecule has 1 heterocycles. The first kappa shape index (κ1) is 33.1. The molecule has 48 heavy (non-hydrogen) atoms. The van der Waals surface area contributed by atoms with E-state index < -0.39 is 41.4 Å². The molecular weight excluding hydrogens is 627 g/mol. The number of amides is 1. The van der Waals surface area contributed by atoms with Gasteiger partial charge < -0.3 is 10.0 Å². The number of rotatable bonds is 5. The number of allylic oxidation sites excluding steroid dienone is 4. The average Bonchev–Trinajstić information content (AvgIpc) is 3.35. The number of hydrogen-bond acceptors (Lipinski definition) is 4. The van der Waals surface area contributed by atoms with Crippen molar-refractivity contribution >= 4 is 11.7 Å². The second-order valence-electron chi connectivity index (χ2n) is 14.6. The number of aliphatic hydroxyl groups is 1. The summed E-state index contributed by atoms with van der Waals surface area (Å²) in [4.78, 5) is 29.3. The SMILES string of the molecule is C[C@]12C[C@H](c3ccc(CN4CCN(C(=O)c5ccccc5)CC4)cc3)C3=C4CCC(=O)C=C4CC[C@H]3[C@@H]1CC[C@@]2(O)C(F)(F)C(F)(F)F. The van der Waals surface area contributed by atoms with E-state index in [0.717, 1.165) is 27.8 Å². The smallest absolute Gasteiger partial charge is 0.383 e. The molecule has 2 aromatic rings. The Balaban J connectivity index is 1.15. The largest absolute Gasteiger partial charge is 0.456 e. The quantitative estimate of drug-likeness (QED) is 0.336. The second kappa shape index (κ2) is 11.9. The minimum Gasteiger partial charge on any atom is -0.383 e. The van der Waals surface area contributed by atoms with Crippen LogP contribution in [-0.4, -0.2) is 70.5 Å². The number of ketones is 1. The molecule has 10 heteroatoms. The molecule has 5 atom stereocenters. The van der Waals surface area contributed by atoms with E-state index in [2.05, 4.69) is 4.90 Å². The van der Waals surface area contributed by atoms with Crippen LogP contribution in [0.3, 0.4) is 0 Å². The van der Waals surface area contributed by atoms with Crippen molar-refractivity contribution in [3.8, 4) is 0 Å². The average molecular weight is 669 g/mol. The van der Waals surface area contributed by atoms with E-state index in [1.807, 2.05) is 59.5 Å². The zero-order chi connectivity index (χ0) is 34.1. The fourth-order valence-electron chi connectivity index (χ4n) is 9.70. The predicted molar refractivity (Wildman–Crippen MR) is 170 cm³/mol. The molecule has 0 spiro atoms. The van der Waals surface area contributed by atoms with Crippen LogP contribution in [0.15, 0.2) is 77.4 Å². The van der Waals surface area contributed by atoms with Gasteiger partial charge in [-0.3, -0.25) is 14.5 Å². The highest BCUT2D eigenvalue weighted by Gasteiger charge is 2.79. The van der Waals surface area contributed by atoms with E-state index in [1.54, 1.807) is 6.08 Å². The van der Waals surface area contributed by atoms with Crippen LogP contribution in [0.2, 0.25) is 0 Å². The summed E-state index contributed by atoms with van der Waals surface area (Å²) in [6.07, 6.45) is -2.73.